The molecule has 2 aliphatic carbocycles. The Kier molecular flexibility index (Phi) is 18.6. The van der Waals surface area contributed by atoms with Gasteiger partial charge in [-0.1, -0.05) is 364 Å². The summed E-state index contributed by atoms with van der Waals surface area (Å²) in [5.74, 6) is 0.705. The second-order valence-corrected chi connectivity index (χ2v) is 30.5. The maximum atomic E-state index is 6.37. The molecule has 0 atom stereocenters. The summed E-state index contributed by atoms with van der Waals surface area (Å²) in [6.07, 6.45) is 0. The number of benzene rings is 16. The lowest BCUT2D eigenvalue weighted by Crippen LogP contribution is -2.41. The summed E-state index contributed by atoms with van der Waals surface area (Å²) < 4.78 is 12.7. The molecule has 0 bridgehead atoms. The average Bonchev–Trinajstić information content (AvgIpc) is 1.55. The van der Waals surface area contributed by atoms with Crippen LogP contribution in [0.15, 0.2) is 388 Å². The molecule has 18 aromatic rings. The normalized spacial score (nSPS) is 13.0. The number of aromatic nitrogens is 4. The van der Waals surface area contributed by atoms with Gasteiger partial charge in [0.15, 0.2) is 5.82 Å². The molecule has 0 N–H and O–H groups in total. The summed E-state index contributed by atoms with van der Waals surface area (Å²) in [5.41, 5.74) is 33.9. The molecule has 2 aromatic heterocycles. The number of hydrogen-bond acceptors (Lipinski definition) is 6. The molecule has 0 radical (unpaired) electrons. The van der Waals surface area contributed by atoms with Gasteiger partial charge in [-0.3, -0.25) is 0 Å². The summed E-state index contributed by atoms with van der Waals surface area (Å²) >= 11 is 6.03. The van der Waals surface area contributed by atoms with E-state index in [1.165, 1.54) is 127 Å². The van der Waals surface area contributed by atoms with Crippen molar-refractivity contribution in [3.05, 3.63) is 394 Å². The van der Waals surface area contributed by atoms with Gasteiger partial charge in [-0.05, 0) is 202 Å². The molecular formula is C106H76BClN4O2. The van der Waals surface area contributed by atoms with Crippen LogP contribution in [-0.4, -0.2) is 38.3 Å². The van der Waals surface area contributed by atoms with Crippen molar-refractivity contribution in [2.45, 2.75) is 38.9 Å². The molecule has 0 unspecified atom stereocenters. The highest BCUT2D eigenvalue weighted by Gasteiger charge is 2.52. The van der Waals surface area contributed by atoms with Gasteiger partial charge in [-0.25, -0.2) is 19.9 Å². The molecule has 0 spiro atoms. The Balaban J connectivity index is 0.000000126. The summed E-state index contributed by atoms with van der Waals surface area (Å²) in [6, 6.07) is 137. The van der Waals surface area contributed by atoms with Crippen LogP contribution in [0.3, 0.4) is 0 Å². The molecular weight excluding hydrogens is 1410 g/mol. The highest BCUT2D eigenvalue weighted by atomic mass is 35.5. The fraction of sp³-hybridized carbons (Fsp3) is 0.0566. The van der Waals surface area contributed by atoms with Crippen LogP contribution >= 0.6 is 11.6 Å². The number of rotatable bonds is 12. The standard InChI is InChI=1S/C50H32N2.C40H33BO2.C16H11ClN2/c1-5-15-33(16-6-1)43-31-42(47(38-21-11-4-12-22-38)49-41-26-14-24-37-23-13-25-40(46(37)41)48(43)49)34-27-29-39(30-28-34)50-51-44(35-17-7-2-8-18-35)32-45(52-50)36-19-9-3-10-20-36;1-39(2)40(3,4)43-41(42-39)30-23-21-27(22-24-30)33-25-34(26-13-7-5-8-14-26)37-31-19-11-17-28-18-12-20-32(35(28)31)38(37)36(33)29-15-9-6-10-16-29;17-16-18-14(12-7-3-1-4-8-12)11-15(19-16)13-9-5-2-6-10-13/h1-32H;5-25H,1-4H3;1-11H. The second kappa shape index (κ2) is 29.9. The summed E-state index contributed by atoms with van der Waals surface area (Å²) in [7, 11) is -0.389. The van der Waals surface area contributed by atoms with Gasteiger partial charge in [-0.15, -0.1) is 0 Å². The van der Waals surface area contributed by atoms with E-state index in [1.54, 1.807) is 0 Å². The number of halogens is 1. The van der Waals surface area contributed by atoms with E-state index in [4.69, 9.17) is 30.9 Å². The van der Waals surface area contributed by atoms with Crippen LogP contribution in [0, 0.1) is 0 Å². The lowest BCUT2D eigenvalue weighted by Gasteiger charge is -2.32. The third kappa shape index (κ3) is 13.3. The van der Waals surface area contributed by atoms with E-state index in [2.05, 4.69) is 347 Å². The Morgan fingerprint density at radius 3 is 0.825 bits per heavy atom. The molecule has 114 heavy (non-hydrogen) atoms. The minimum absolute atomic E-state index is 0.264. The second-order valence-electron chi connectivity index (χ2n) is 30.2. The van der Waals surface area contributed by atoms with Gasteiger partial charge in [0.1, 0.15) is 0 Å². The smallest absolute Gasteiger partial charge is 0.399 e. The minimum atomic E-state index is -0.389. The zero-order valence-corrected chi connectivity index (χ0v) is 64.3. The molecule has 6 nitrogen and oxygen atoms in total. The Labute approximate surface area is 670 Å². The van der Waals surface area contributed by atoms with E-state index < -0.39 is 0 Å². The van der Waals surface area contributed by atoms with Gasteiger partial charge in [-0.2, -0.15) is 0 Å². The zero-order valence-electron chi connectivity index (χ0n) is 63.5. The van der Waals surface area contributed by atoms with Gasteiger partial charge >= 0.3 is 7.12 Å². The topological polar surface area (TPSA) is 70.0 Å². The van der Waals surface area contributed by atoms with Crippen molar-refractivity contribution in [1.82, 2.24) is 19.9 Å². The van der Waals surface area contributed by atoms with Gasteiger partial charge in [0.05, 0.1) is 34.0 Å². The summed E-state index contributed by atoms with van der Waals surface area (Å²) in [4.78, 5) is 18.8. The Bertz CT molecular complexity index is 6470. The molecule has 0 amide bonds. The minimum Gasteiger partial charge on any atom is -0.399 e. The average molecular weight is 1480 g/mol. The van der Waals surface area contributed by atoms with E-state index in [1.807, 2.05) is 78.9 Å². The van der Waals surface area contributed by atoms with Crippen LogP contribution in [0.4, 0.5) is 0 Å². The van der Waals surface area contributed by atoms with Crippen molar-refractivity contribution < 1.29 is 9.31 Å². The SMILES string of the molecule is CC1(C)OB(c2ccc(-c3cc(-c4ccccc4)c4c(c3-c3ccccc3)-c3cccc5cccc-4c35)cc2)OC1(C)C.Clc1nc(-c2ccccc2)cc(-c2ccccc2)n1.c1ccc(-c2cc(-c3ccccc3)nc(-c3ccc(-c4cc(-c5ccccc5)c5c(c4-c4ccccc4)-c4cccc6cccc-5c46)cc3)n2)cc1. The van der Waals surface area contributed by atoms with Crippen LogP contribution in [-0.2, 0) is 9.31 Å². The van der Waals surface area contributed by atoms with Gasteiger partial charge < -0.3 is 9.31 Å². The third-order valence-electron chi connectivity index (χ3n) is 22.7. The number of fused-ring (bicyclic) bond motifs is 6. The zero-order chi connectivity index (χ0) is 76.9. The molecule has 16 aromatic carbocycles. The van der Waals surface area contributed by atoms with E-state index in [-0.39, 0.29) is 23.6 Å². The number of hydrogen-bond donors (Lipinski definition) is 0. The summed E-state index contributed by atoms with van der Waals surface area (Å²) in [6.45, 7) is 8.40. The van der Waals surface area contributed by atoms with Crippen LogP contribution in [0.5, 0.6) is 0 Å². The maximum Gasteiger partial charge on any atom is 0.494 e. The highest BCUT2D eigenvalue weighted by molar-refractivity contribution is 6.62. The Hall–Kier alpha value is -13.5. The molecule has 1 fully saturated rings. The van der Waals surface area contributed by atoms with Crippen LogP contribution in [0.1, 0.15) is 27.7 Å². The van der Waals surface area contributed by atoms with Crippen LogP contribution < -0.4 is 5.46 Å². The van der Waals surface area contributed by atoms with E-state index in [9.17, 15) is 0 Å². The Morgan fingerprint density at radius 1 is 0.228 bits per heavy atom. The Morgan fingerprint density at radius 2 is 0.491 bits per heavy atom. The molecule has 8 heteroatoms. The molecule has 1 saturated heterocycles. The number of nitrogens with zero attached hydrogens (tertiary/aromatic N) is 4. The largest absolute Gasteiger partial charge is 0.494 e. The predicted octanol–water partition coefficient (Wildman–Crippen LogP) is 27.5. The van der Waals surface area contributed by atoms with Crippen molar-refractivity contribution >= 4 is 45.7 Å². The lowest BCUT2D eigenvalue weighted by atomic mass is 9.77. The van der Waals surface area contributed by atoms with Gasteiger partial charge in [0.25, 0.3) is 0 Å². The van der Waals surface area contributed by atoms with E-state index in [0.717, 1.165) is 61.6 Å². The first kappa shape index (κ1) is 70.8. The molecule has 0 saturated carbocycles. The van der Waals surface area contributed by atoms with E-state index >= 15 is 0 Å². The predicted molar refractivity (Wildman–Crippen MR) is 475 cm³/mol. The molecule has 3 heterocycles. The first-order chi connectivity index (χ1) is 55.9. The van der Waals surface area contributed by atoms with Gasteiger partial charge in [0, 0.05) is 27.8 Å². The van der Waals surface area contributed by atoms with Crippen LogP contribution in [0.25, 0.3) is 189 Å². The van der Waals surface area contributed by atoms with Crippen molar-refractivity contribution in [3.63, 3.8) is 0 Å². The maximum absolute atomic E-state index is 6.37. The first-order valence-corrected chi connectivity index (χ1v) is 39.2. The van der Waals surface area contributed by atoms with Crippen LogP contribution in [0.2, 0.25) is 5.28 Å². The van der Waals surface area contributed by atoms with Crippen molar-refractivity contribution in [3.8, 4) is 168 Å². The summed E-state index contributed by atoms with van der Waals surface area (Å²) in [5, 5.41) is 5.47. The molecule has 21 rings (SSSR count). The quantitative estimate of drug-likeness (QED) is 0.0897. The molecule has 1 aliphatic heterocycles. The van der Waals surface area contributed by atoms with Crippen molar-refractivity contribution in [1.29, 1.82) is 0 Å². The van der Waals surface area contributed by atoms with Gasteiger partial charge in [0.2, 0.25) is 5.28 Å². The third-order valence-corrected chi connectivity index (χ3v) is 22.9. The first-order valence-electron chi connectivity index (χ1n) is 38.9. The van der Waals surface area contributed by atoms with E-state index in [0.29, 0.717) is 5.82 Å². The molecule has 3 aliphatic rings. The van der Waals surface area contributed by atoms with Crippen molar-refractivity contribution in [2.24, 2.45) is 0 Å². The monoisotopic (exact) mass is 1480 g/mol. The fourth-order valence-electron chi connectivity index (χ4n) is 16.6. The fourth-order valence-corrected chi connectivity index (χ4v) is 16.7. The van der Waals surface area contributed by atoms with Crippen molar-refractivity contribution in [2.75, 3.05) is 0 Å². The lowest BCUT2D eigenvalue weighted by molar-refractivity contribution is 0.00578. The highest BCUT2D eigenvalue weighted by Crippen LogP contribution is 2.59. The molecule has 542 valence electrons.